The largest absolute Gasteiger partial charge is 0.298 e. The van der Waals surface area contributed by atoms with E-state index < -0.39 is 0 Å². The van der Waals surface area contributed by atoms with Crippen LogP contribution in [0.25, 0.3) is 0 Å². The molecule has 3 rings (SSSR count). The lowest BCUT2D eigenvalue weighted by atomic mass is 9.93. The number of thioether (sulfide) groups is 1. The molecular formula is C9H15NOS. The Morgan fingerprint density at radius 3 is 2.58 bits per heavy atom. The van der Waals surface area contributed by atoms with Crippen molar-refractivity contribution in [2.75, 3.05) is 12.8 Å². The molecule has 2 nitrogen and oxygen atoms in total. The number of fused-ring (bicyclic) bond motifs is 3. The summed E-state index contributed by atoms with van der Waals surface area (Å²) in [5.74, 6) is 1.57. The molecule has 3 atom stereocenters. The highest BCUT2D eigenvalue weighted by molar-refractivity contribution is 8.00. The maximum Gasteiger partial charge on any atom is 0.148 e. The van der Waals surface area contributed by atoms with Gasteiger partial charge in [-0.05, 0) is 26.8 Å². The van der Waals surface area contributed by atoms with E-state index in [4.69, 9.17) is 0 Å². The number of likely N-dealkylation sites (N-methyl/N-ethyl adjacent to an activating group) is 1. The van der Waals surface area contributed by atoms with E-state index in [1.165, 1.54) is 18.6 Å². The van der Waals surface area contributed by atoms with Crippen LogP contribution in [-0.4, -0.2) is 40.8 Å². The van der Waals surface area contributed by atoms with Gasteiger partial charge in [-0.25, -0.2) is 0 Å². The highest BCUT2D eigenvalue weighted by atomic mass is 32.2. The van der Waals surface area contributed by atoms with Gasteiger partial charge in [-0.1, -0.05) is 0 Å². The van der Waals surface area contributed by atoms with Crippen LogP contribution in [0.15, 0.2) is 0 Å². The normalized spacial score (nSPS) is 41.7. The highest BCUT2D eigenvalue weighted by Crippen LogP contribution is 2.38. The summed E-state index contributed by atoms with van der Waals surface area (Å²) in [4.78, 5) is 13.6. The van der Waals surface area contributed by atoms with Crippen molar-refractivity contribution in [2.24, 2.45) is 0 Å². The molecule has 3 unspecified atom stereocenters. The minimum Gasteiger partial charge on any atom is -0.298 e. The molecule has 3 fully saturated rings. The number of nitrogens with zero attached hydrogens (tertiary/aromatic N) is 1. The first-order valence-electron chi connectivity index (χ1n) is 4.54. The van der Waals surface area contributed by atoms with Gasteiger partial charge in [-0.3, -0.25) is 9.69 Å². The average molecular weight is 185 g/mol. The van der Waals surface area contributed by atoms with Crippen molar-refractivity contribution in [1.82, 2.24) is 4.90 Å². The summed E-state index contributed by atoms with van der Waals surface area (Å²) >= 11 is 1.99. The Balaban J connectivity index is 2.18. The summed E-state index contributed by atoms with van der Waals surface area (Å²) in [7, 11) is 2.10. The third kappa shape index (κ3) is 1.19. The van der Waals surface area contributed by atoms with Gasteiger partial charge in [0, 0.05) is 17.0 Å². The van der Waals surface area contributed by atoms with Crippen LogP contribution in [0.4, 0.5) is 0 Å². The predicted octanol–water partition coefficient (Wildman–Crippen LogP) is 1.15. The SMILES string of the molecule is CC(=O)C1C2CCC(CS2)N1C. The summed E-state index contributed by atoms with van der Waals surface area (Å²) in [5.41, 5.74) is 0. The van der Waals surface area contributed by atoms with Gasteiger partial charge in [0.05, 0.1) is 6.04 Å². The van der Waals surface area contributed by atoms with E-state index in [-0.39, 0.29) is 6.04 Å². The Labute approximate surface area is 77.7 Å². The first-order chi connectivity index (χ1) is 5.70. The third-order valence-corrected chi connectivity index (χ3v) is 4.57. The second kappa shape index (κ2) is 3.04. The second-order valence-electron chi connectivity index (χ2n) is 3.82. The van der Waals surface area contributed by atoms with E-state index in [9.17, 15) is 4.79 Å². The molecule has 0 aromatic heterocycles. The van der Waals surface area contributed by atoms with Crippen LogP contribution in [0, 0.1) is 0 Å². The Morgan fingerprint density at radius 1 is 1.50 bits per heavy atom. The smallest absolute Gasteiger partial charge is 0.148 e. The summed E-state index contributed by atoms with van der Waals surface area (Å²) in [5, 5.41) is 0.581. The van der Waals surface area contributed by atoms with Gasteiger partial charge in [0.2, 0.25) is 0 Å². The fraction of sp³-hybridized carbons (Fsp3) is 0.889. The molecule has 0 radical (unpaired) electrons. The van der Waals surface area contributed by atoms with Crippen LogP contribution in [0.1, 0.15) is 19.8 Å². The molecule has 0 amide bonds. The maximum absolute atomic E-state index is 11.3. The fourth-order valence-corrected chi connectivity index (χ4v) is 4.11. The number of Topliss-reactive ketones (excluding diaryl/α,β-unsaturated/α-hetero) is 1. The first-order valence-corrected chi connectivity index (χ1v) is 5.59. The number of carbonyl (C=O) groups excluding carboxylic acids is 1. The Morgan fingerprint density at radius 2 is 2.25 bits per heavy atom. The van der Waals surface area contributed by atoms with Crippen LogP contribution < -0.4 is 0 Å². The van der Waals surface area contributed by atoms with Gasteiger partial charge in [0.1, 0.15) is 5.78 Å². The number of ketones is 1. The zero-order chi connectivity index (χ0) is 8.72. The van der Waals surface area contributed by atoms with Crippen LogP contribution in [0.5, 0.6) is 0 Å². The molecule has 0 N–H and O–H groups in total. The van der Waals surface area contributed by atoms with Crippen molar-refractivity contribution in [2.45, 2.75) is 37.1 Å². The van der Waals surface area contributed by atoms with E-state index in [0.717, 1.165) is 0 Å². The van der Waals surface area contributed by atoms with Crippen LogP contribution >= 0.6 is 11.8 Å². The van der Waals surface area contributed by atoms with Crippen molar-refractivity contribution >= 4 is 17.5 Å². The van der Waals surface area contributed by atoms with Gasteiger partial charge < -0.3 is 0 Å². The summed E-state index contributed by atoms with van der Waals surface area (Å²) in [6.45, 7) is 1.72. The van der Waals surface area contributed by atoms with E-state index >= 15 is 0 Å². The van der Waals surface area contributed by atoms with Gasteiger partial charge in [0.25, 0.3) is 0 Å². The van der Waals surface area contributed by atoms with Crippen molar-refractivity contribution in [1.29, 1.82) is 0 Å². The molecule has 3 heterocycles. The maximum atomic E-state index is 11.3. The standard InChI is InChI=1S/C9H15NOS/c1-6(11)9-8-4-3-7(5-12-8)10(9)2/h7-9H,3-5H2,1-2H3. The number of piperidine rings is 1. The highest BCUT2D eigenvalue weighted by Gasteiger charge is 2.42. The Kier molecular flexibility index (Phi) is 2.17. The van der Waals surface area contributed by atoms with Crippen LogP contribution in [-0.2, 0) is 4.79 Å². The summed E-state index contributed by atoms with van der Waals surface area (Å²) in [6.07, 6.45) is 2.53. The quantitative estimate of drug-likeness (QED) is 0.611. The number of hydrogen-bond donors (Lipinski definition) is 0. The zero-order valence-electron chi connectivity index (χ0n) is 7.62. The lowest BCUT2D eigenvalue weighted by molar-refractivity contribution is -0.123. The molecule has 0 saturated carbocycles. The first kappa shape index (κ1) is 8.57. The van der Waals surface area contributed by atoms with Crippen molar-refractivity contribution in [3.8, 4) is 0 Å². The zero-order valence-corrected chi connectivity index (χ0v) is 8.43. The van der Waals surface area contributed by atoms with Gasteiger partial charge in [0.15, 0.2) is 0 Å². The second-order valence-corrected chi connectivity index (χ2v) is 5.10. The van der Waals surface area contributed by atoms with Gasteiger partial charge in [-0.2, -0.15) is 11.8 Å². The summed E-state index contributed by atoms with van der Waals surface area (Å²) in [6, 6.07) is 0.872. The van der Waals surface area contributed by atoms with Crippen molar-refractivity contribution in [3.63, 3.8) is 0 Å². The number of carbonyl (C=O) groups is 1. The van der Waals surface area contributed by atoms with Crippen molar-refractivity contribution in [3.05, 3.63) is 0 Å². The molecule has 3 saturated heterocycles. The van der Waals surface area contributed by atoms with E-state index in [2.05, 4.69) is 11.9 Å². The lowest BCUT2D eigenvalue weighted by Crippen LogP contribution is -2.58. The van der Waals surface area contributed by atoms with Gasteiger partial charge in [-0.15, -0.1) is 0 Å². The minimum atomic E-state index is 0.211. The summed E-state index contributed by atoms with van der Waals surface area (Å²) < 4.78 is 0. The Hall–Kier alpha value is -0.0200. The van der Waals surface area contributed by atoms with Gasteiger partial charge >= 0.3 is 0 Å². The molecule has 0 aromatic carbocycles. The molecular weight excluding hydrogens is 170 g/mol. The topological polar surface area (TPSA) is 20.3 Å². The number of hydrogen-bond acceptors (Lipinski definition) is 3. The Bertz CT molecular complexity index is 197. The molecule has 3 aliphatic heterocycles. The predicted molar refractivity (Wildman–Crippen MR) is 51.5 cm³/mol. The molecule has 0 aliphatic carbocycles. The van der Waals surface area contributed by atoms with Crippen LogP contribution in [0.2, 0.25) is 0 Å². The van der Waals surface area contributed by atoms with E-state index in [1.807, 2.05) is 11.8 Å². The molecule has 0 spiro atoms. The molecule has 3 aliphatic rings. The lowest BCUT2D eigenvalue weighted by Gasteiger charge is -2.48. The average Bonchev–Trinajstić information content (AvgIpc) is 2.05. The van der Waals surface area contributed by atoms with Crippen LogP contribution in [0.3, 0.4) is 0 Å². The minimum absolute atomic E-state index is 0.211. The van der Waals surface area contributed by atoms with E-state index in [1.54, 1.807) is 6.92 Å². The molecule has 68 valence electrons. The molecule has 3 heteroatoms. The van der Waals surface area contributed by atoms with E-state index in [0.29, 0.717) is 17.1 Å². The number of rotatable bonds is 1. The molecule has 2 bridgehead atoms. The third-order valence-electron chi connectivity index (χ3n) is 3.07. The molecule has 12 heavy (non-hydrogen) atoms. The fourth-order valence-electron chi connectivity index (χ4n) is 2.37. The molecule has 0 aromatic rings. The monoisotopic (exact) mass is 185 g/mol. The van der Waals surface area contributed by atoms with Crippen molar-refractivity contribution < 1.29 is 4.79 Å².